The highest BCUT2D eigenvalue weighted by Gasteiger charge is 2.21. The van der Waals surface area contributed by atoms with E-state index in [0.717, 1.165) is 11.8 Å². The predicted molar refractivity (Wildman–Crippen MR) is 87.3 cm³/mol. The maximum atomic E-state index is 3.60. The van der Waals surface area contributed by atoms with Gasteiger partial charge >= 0.3 is 0 Å². The van der Waals surface area contributed by atoms with Gasteiger partial charge in [0.2, 0.25) is 0 Å². The lowest BCUT2D eigenvalue weighted by Crippen LogP contribution is -2.22. The molecule has 0 bridgehead atoms. The number of aryl methyl sites for hydroxylation is 1. The predicted octanol–water partition coefficient (Wildman–Crippen LogP) is 5.19. The van der Waals surface area contributed by atoms with Crippen LogP contribution in [0.3, 0.4) is 0 Å². The normalized spacial score (nSPS) is 29.6. The van der Waals surface area contributed by atoms with Gasteiger partial charge in [0, 0.05) is 11.7 Å². The highest BCUT2D eigenvalue weighted by atomic mass is 14.9. The minimum absolute atomic E-state index is 0.637. The van der Waals surface area contributed by atoms with Gasteiger partial charge in [0.25, 0.3) is 0 Å². The highest BCUT2D eigenvalue weighted by molar-refractivity contribution is 5.55. The van der Waals surface area contributed by atoms with Crippen LogP contribution < -0.4 is 5.32 Å². The van der Waals surface area contributed by atoms with E-state index in [1.54, 1.807) is 11.1 Å². The van der Waals surface area contributed by atoms with Crippen LogP contribution in [0, 0.1) is 11.8 Å². The van der Waals surface area contributed by atoms with Gasteiger partial charge in [-0.25, -0.2) is 0 Å². The van der Waals surface area contributed by atoms with Crippen molar-refractivity contribution in [2.75, 3.05) is 5.32 Å². The van der Waals surface area contributed by atoms with Crippen molar-refractivity contribution in [2.24, 2.45) is 11.8 Å². The zero-order valence-electron chi connectivity index (χ0n) is 13.1. The van der Waals surface area contributed by atoms with Gasteiger partial charge in [-0.05, 0) is 68.1 Å². The molecule has 0 spiro atoms. The quantitative estimate of drug-likeness (QED) is 0.797. The Balaban J connectivity index is 1.61. The third-order valence-corrected chi connectivity index (χ3v) is 5.49. The van der Waals surface area contributed by atoms with Crippen LogP contribution >= 0.6 is 0 Å². The number of benzene rings is 1. The van der Waals surface area contributed by atoms with Crippen LogP contribution in [0.2, 0.25) is 0 Å². The summed E-state index contributed by atoms with van der Waals surface area (Å²) < 4.78 is 0. The summed E-state index contributed by atoms with van der Waals surface area (Å²) in [5.41, 5.74) is 4.49. The SMILES string of the molecule is CCC1CCC(Cc2ccc3c(c2)CCC(C)N3)CC1. The smallest absolute Gasteiger partial charge is 0.0374 e. The molecule has 1 heterocycles. The maximum absolute atomic E-state index is 3.60. The fourth-order valence-corrected chi connectivity index (χ4v) is 4.01. The van der Waals surface area contributed by atoms with Gasteiger partial charge < -0.3 is 5.32 Å². The Morgan fingerprint density at radius 1 is 1.05 bits per heavy atom. The molecule has 2 aliphatic rings. The second-order valence-corrected chi connectivity index (χ2v) is 7.07. The van der Waals surface area contributed by atoms with Crippen LogP contribution in [0.1, 0.15) is 63.5 Å². The molecule has 1 aliphatic carbocycles. The molecule has 110 valence electrons. The van der Waals surface area contributed by atoms with Gasteiger partial charge in [-0.3, -0.25) is 0 Å². The molecule has 1 aliphatic heterocycles. The fraction of sp³-hybridized carbons (Fsp3) is 0.684. The van der Waals surface area contributed by atoms with Gasteiger partial charge in [-0.2, -0.15) is 0 Å². The number of hydrogen-bond acceptors (Lipinski definition) is 1. The molecule has 1 saturated carbocycles. The molecule has 0 saturated heterocycles. The summed E-state index contributed by atoms with van der Waals surface area (Å²) in [5, 5.41) is 3.60. The average molecular weight is 271 g/mol. The molecule has 0 amide bonds. The summed E-state index contributed by atoms with van der Waals surface area (Å²) in [6.45, 7) is 4.63. The summed E-state index contributed by atoms with van der Waals surface area (Å²) in [6.07, 6.45) is 11.0. The fourth-order valence-electron chi connectivity index (χ4n) is 4.01. The van der Waals surface area contributed by atoms with E-state index in [9.17, 15) is 0 Å². The number of hydrogen-bond donors (Lipinski definition) is 1. The molecule has 1 atom stereocenters. The molecule has 20 heavy (non-hydrogen) atoms. The number of anilines is 1. The van der Waals surface area contributed by atoms with Gasteiger partial charge in [-0.15, -0.1) is 0 Å². The standard InChI is InChI=1S/C19H29N/c1-3-15-5-7-16(8-6-15)12-17-9-11-19-18(13-17)10-4-14(2)20-19/h9,11,13-16,20H,3-8,10,12H2,1-2H3. The molecule has 1 heteroatoms. The summed E-state index contributed by atoms with van der Waals surface area (Å²) in [6, 6.07) is 7.78. The molecule has 1 N–H and O–H groups in total. The first-order valence-corrected chi connectivity index (χ1v) is 8.63. The Labute approximate surface area is 124 Å². The molecular weight excluding hydrogens is 242 g/mol. The van der Waals surface area contributed by atoms with Crippen molar-refractivity contribution >= 4 is 5.69 Å². The summed E-state index contributed by atoms with van der Waals surface area (Å²) >= 11 is 0. The van der Waals surface area contributed by atoms with Crippen LogP contribution in [-0.4, -0.2) is 6.04 Å². The van der Waals surface area contributed by atoms with Gasteiger partial charge in [0.1, 0.15) is 0 Å². The summed E-state index contributed by atoms with van der Waals surface area (Å²) in [5.74, 6) is 1.95. The van der Waals surface area contributed by atoms with Gasteiger partial charge in [-0.1, -0.05) is 38.3 Å². The Morgan fingerprint density at radius 2 is 1.80 bits per heavy atom. The second-order valence-electron chi connectivity index (χ2n) is 7.07. The molecule has 0 radical (unpaired) electrons. The molecule has 0 aromatic heterocycles. The maximum Gasteiger partial charge on any atom is 0.0374 e. The topological polar surface area (TPSA) is 12.0 Å². The molecule has 3 rings (SSSR count). The van der Waals surface area contributed by atoms with Gasteiger partial charge in [0.05, 0.1) is 0 Å². The van der Waals surface area contributed by atoms with Crippen LogP contribution in [0.5, 0.6) is 0 Å². The van der Waals surface area contributed by atoms with E-state index in [-0.39, 0.29) is 0 Å². The molecular formula is C19H29N. The van der Waals surface area contributed by atoms with E-state index in [1.165, 1.54) is 57.1 Å². The first kappa shape index (κ1) is 14.0. The minimum atomic E-state index is 0.637. The van der Waals surface area contributed by atoms with E-state index in [1.807, 2.05) is 0 Å². The lowest BCUT2D eigenvalue weighted by atomic mass is 9.78. The highest BCUT2D eigenvalue weighted by Crippen LogP contribution is 2.33. The minimum Gasteiger partial charge on any atom is -0.382 e. The lowest BCUT2D eigenvalue weighted by Gasteiger charge is -2.29. The first-order valence-electron chi connectivity index (χ1n) is 8.63. The van der Waals surface area contributed by atoms with E-state index in [2.05, 4.69) is 37.4 Å². The van der Waals surface area contributed by atoms with E-state index in [0.29, 0.717) is 6.04 Å². The van der Waals surface area contributed by atoms with Crippen LogP contribution in [-0.2, 0) is 12.8 Å². The molecule has 1 aromatic carbocycles. The van der Waals surface area contributed by atoms with Crippen molar-refractivity contribution in [2.45, 2.75) is 71.3 Å². The van der Waals surface area contributed by atoms with Crippen molar-refractivity contribution in [3.8, 4) is 0 Å². The van der Waals surface area contributed by atoms with Crippen molar-refractivity contribution in [3.05, 3.63) is 29.3 Å². The second kappa shape index (κ2) is 6.20. The van der Waals surface area contributed by atoms with Crippen molar-refractivity contribution in [3.63, 3.8) is 0 Å². The van der Waals surface area contributed by atoms with Crippen LogP contribution in [0.25, 0.3) is 0 Å². The monoisotopic (exact) mass is 271 g/mol. The zero-order valence-corrected chi connectivity index (χ0v) is 13.1. The van der Waals surface area contributed by atoms with Crippen molar-refractivity contribution < 1.29 is 0 Å². The molecule has 1 nitrogen and oxygen atoms in total. The van der Waals surface area contributed by atoms with E-state index >= 15 is 0 Å². The Kier molecular flexibility index (Phi) is 4.33. The Hall–Kier alpha value is -0.980. The Morgan fingerprint density at radius 3 is 2.55 bits per heavy atom. The third kappa shape index (κ3) is 3.19. The average Bonchev–Trinajstić information content (AvgIpc) is 2.48. The van der Waals surface area contributed by atoms with Crippen molar-refractivity contribution in [1.82, 2.24) is 0 Å². The lowest BCUT2D eigenvalue weighted by molar-refractivity contribution is 0.268. The Bertz CT molecular complexity index is 443. The third-order valence-electron chi connectivity index (χ3n) is 5.49. The number of nitrogens with one attached hydrogen (secondary N) is 1. The zero-order chi connectivity index (χ0) is 13.9. The molecule has 1 fully saturated rings. The van der Waals surface area contributed by atoms with Gasteiger partial charge in [0.15, 0.2) is 0 Å². The molecule has 1 aromatic rings. The van der Waals surface area contributed by atoms with Crippen molar-refractivity contribution in [1.29, 1.82) is 0 Å². The van der Waals surface area contributed by atoms with Crippen LogP contribution in [0.15, 0.2) is 18.2 Å². The summed E-state index contributed by atoms with van der Waals surface area (Å²) in [7, 11) is 0. The molecule has 1 unspecified atom stereocenters. The summed E-state index contributed by atoms with van der Waals surface area (Å²) in [4.78, 5) is 0. The number of fused-ring (bicyclic) bond motifs is 1. The van der Waals surface area contributed by atoms with E-state index in [4.69, 9.17) is 0 Å². The first-order chi connectivity index (χ1) is 9.74. The van der Waals surface area contributed by atoms with E-state index < -0.39 is 0 Å². The van der Waals surface area contributed by atoms with Crippen LogP contribution in [0.4, 0.5) is 5.69 Å². The largest absolute Gasteiger partial charge is 0.382 e. The number of rotatable bonds is 3.